The van der Waals surface area contributed by atoms with E-state index in [1.807, 2.05) is 49.4 Å². The van der Waals surface area contributed by atoms with Crippen molar-refractivity contribution in [3.63, 3.8) is 0 Å². The van der Waals surface area contributed by atoms with Gasteiger partial charge in [0.25, 0.3) is 0 Å². The predicted molar refractivity (Wildman–Crippen MR) is 128 cm³/mol. The Hall–Kier alpha value is -3.72. The molecule has 2 atom stereocenters. The predicted octanol–water partition coefficient (Wildman–Crippen LogP) is 6.72. The molecule has 0 radical (unpaired) electrons. The third-order valence-corrected chi connectivity index (χ3v) is 5.93. The molecule has 1 N–H and O–H groups in total. The van der Waals surface area contributed by atoms with Crippen LogP contribution in [-0.2, 0) is 5.54 Å². The molecule has 3 heteroatoms. The highest BCUT2D eigenvalue weighted by Crippen LogP contribution is 2.59. The fourth-order valence-corrected chi connectivity index (χ4v) is 4.25. The number of benzene rings is 3. The Kier molecular flexibility index (Phi) is 5.09. The van der Waals surface area contributed by atoms with Crippen molar-refractivity contribution in [1.82, 2.24) is 4.98 Å². The number of nitrogens with zero attached hydrogens (tertiary/aromatic N) is 2. The number of hydrogen-bond donors (Lipinski definition) is 1. The number of rotatable bonds is 6. The first-order valence-corrected chi connectivity index (χ1v) is 10.7. The van der Waals surface area contributed by atoms with Crippen LogP contribution in [0.1, 0.15) is 36.2 Å². The summed E-state index contributed by atoms with van der Waals surface area (Å²) in [5, 5.41) is 3.81. The van der Waals surface area contributed by atoms with E-state index in [1.165, 1.54) is 5.56 Å². The van der Waals surface area contributed by atoms with Gasteiger partial charge in [-0.15, -0.1) is 0 Å². The van der Waals surface area contributed by atoms with Gasteiger partial charge in [-0.25, -0.2) is 4.98 Å². The van der Waals surface area contributed by atoms with Gasteiger partial charge in [-0.1, -0.05) is 72.8 Å². The summed E-state index contributed by atoms with van der Waals surface area (Å²) in [4.78, 5) is 9.85. The van der Waals surface area contributed by atoms with Gasteiger partial charge in [0, 0.05) is 11.6 Å². The highest BCUT2D eigenvalue weighted by molar-refractivity contribution is 5.98. The van der Waals surface area contributed by atoms with E-state index in [1.54, 1.807) is 0 Å². The summed E-state index contributed by atoms with van der Waals surface area (Å²) in [7, 11) is 0. The molecule has 1 saturated carbocycles. The van der Waals surface area contributed by atoms with E-state index in [9.17, 15) is 0 Å². The van der Waals surface area contributed by atoms with E-state index in [2.05, 4.69) is 72.0 Å². The average molecular weight is 404 g/mol. The minimum absolute atomic E-state index is 0.217. The topological polar surface area (TPSA) is 37.3 Å². The van der Waals surface area contributed by atoms with Crippen molar-refractivity contribution < 1.29 is 0 Å². The number of anilines is 1. The zero-order valence-corrected chi connectivity index (χ0v) is 17.6. The van der Waals surface area contributed by atoms with Crippen molar-refractivity contribution in [3.05, 3.63) is 126 Å². The molecule has 0 spiro atoms. The summed E-state index contributed by atoms with van der Waals surface area (Å²) < 4.78 is 0. The number of para-hydroxylation sites is 2. The Balaban J connectivity index is 1.52. The quantitative estimate of drug-likeness (QED) is 0.363. The molecule has 0 saturated heterocycles. The number of pyridine rings is 1. The zero-order valence-electron chi connectivity index (χ0n) is 17.6. The molecule has 152 valence electrons. The Morgan fingerprint density at radius 3 is 2.16 bits per heavy atom. The molecule has 3 aromatic carbocycles. The lowest BCUT2D eigenvalue weighted by molar-refractivity contribution is 0.734. The number of nitrogens with one attached hydrogen (secondary N) is 1. The summed E-state index contributed by atoms with van der Waals surface area (Å²) in [6.45, 7) is 2.03. The minimum Gasteiger partial charge on any atom is -0.373 e. The molecule has 0 bridgehead atoms. The molecule has 1 aliphatic rings. The Labute approximate surface area is 183 Å². The van der Waals surface area contributed by atoms with Gasteiger partial charge in [0.2, 0.25) is 0 Å². The fourth-order valence-electron chi connectivity index (χ4n) is 4.25. The van der Waals surface area contributed by atoms with Crippen molar-refractivity contribution in [3.8, 4) is 0 Å². The molecule has 31 heavy (non-hydrogen) atoms. The van der Waals surface area contributed by atoms with Gasteiger partial charge in [0.15, 0.2) is 0 Å². The summed E-state index contributed by atoms with van der Waals surface area (Å²) in [6.07, 6.45) is 1.01. The molecular weight excluding hydrogens is 378 g/mol. The second-order valence-corrected chi connectivity index (χ2v) is 8.07. The SMILES string of the molecule is CC(=Nc1ccccc1)c1cccc([C@@]2(Nc3ccccc3)C[C@@H]2c2ccccc2)n1. The van der Waals surface area contributed by atoms with Crippen LogP contribution in [-0.4, -0.2) is 10.7 Å². The molecule has 1 fully saturated rings. The van der Waals surface area contributed by atoms with Gasteiger partial charge >= 0.3 is 0 Å². The van der Waals surface area contributed by atoms with Gasteiger partial charge < -0.3 is 5.32 Å². The van der Waals surface area contributed by atoms with Crippen LogP contribution in [0.5, 0.6) is 0 Å². The van der Waals surface area contributed by atoms with Gasteiger partial charge in [-0.05, 0) is 55.3 Å². The van der Waals surface area contributed by atoms with E-state index in [0.717, 1.165) is 34.9 Å². The second kappa shape index (κ2) is 8.19. The first-order chi connectivity index (χ1) is 15.2. The first-order valence-electron chi connectivity index (χ1n) is 10.7. The monoisotopic (exact) mass is 403 g/mol. The Morgan fingerprint density at radius 2 is 1.45 bits per heavy atom. The fraction of sp³-hybridized carbons (Fsp3) is 0.143. The third-order valence-electron chi connectivity index (χ3n) is 5.93. The highest BCUT2D eigenvalue weighted by atomic mass is 15.1. The maximum atomic E-state index is 5.08. The molecule has 1 aromatic heterocycles. The molecule has 3 nitrogen and oxygen atoms in total. The van der Waals surface area contributed by atoms with Crippen molar-refractivity contribution in [2.75, 3.05) is 5.32 Å². The lowest BCUT2D eigenvalue weighted by Gasteiger charge is -2.21. The Bertz CT molecular complexity index is 1190. The van der Waals surface area contributed by atoms with Crippen LogP contribution < -0.4 is 5.32 Å². The maximum Gasteiger partial charge on any atom is 0.0872 e. The number of hydrogen-bond acceptors (Lipinski definition) is 3. The van der Waals surface area contributed by atoms with Crippen LogP contribution >= 0.6 is 0 Å². The standard InChI is InChI=1S/C28H25N3/c1-21(29-23-14-7-3-8-15-23)26-18-11-19-27(30-26)28(31-24-16-9-4-10-17-24)20-25(28)22-12-5-2-6-13-22/h2-19,25,31H,20H2,1H3/t25-,28-/m1/s1. The third kappa shape index (κ3) is 3.99. The average Bonchev–Trinajstić information content (AvgIpc) is 3.56. The molecular formula is C28H25N3. The molecule has 1 aliphatic carbocycles. The molecule has 1 heterocycles. The summed E-state index contributed by atoms with van der Waals surface area (Å²) in [5.41, 5.74) is 6.07. The van der Waals surface area contributed by atoms with Crippen LogP contribution in [0.2, 0.25) is 0 Å². The van der Waals surface area contributed by atoms with Crippen molar-refractivity contribution in [2.45, 2.75) is 24.8 Å². The maximum absolute atomic E-state index is 5.08. The van der Waals surface area contributed by atoms with Gasteiger partial charge in [-0.2, -0.15) is 0 Å². The zero-order chi connectivity index (χ0) is 21.1. The van der Waals surface area contributed by atoms with Crippen LogP contribution in [0.4, 0.5) is 11.4 Å². The number of aliphatic imine (C=N–C) groups is 1. The van der Waals surface area contributed by atoms with Gasteiger partial charge in [0.05, 0.1) is 28.3 Å². The first kappa shape index (κ1) is 19.3. The van der Waals surface area contributed by atoms with Crippen molar-refractivity contribution in [1.29, 1.82) is 0 Å². The van der Waals surface area contributed by atoms with Crippen LogP contribution in [0.3, 0.4) is 0 Å². The van der Waals surface area contributed by atoms with E-state index in [4.69, 9.17) is 9.98 Å². The minimum atomic E-state index is -0.217. The summed E-state index contributed by atoms with van der Waals surface area (Å²) in [6, 6.07) is 37.4. The van der Waals surface area contributed by atoms with E-state index < -0.39 is 0 Å². The summed E-state index contributed by atoms with van der Waals surface area (Å²) >= 11 is 0. The summed E-state index contributed by atoms with van der Waals surface area (Å²) in [5.74, 6) is 0.378. The lowest BCUT2D eigenvalue weighted by Crippen LogP contribution is -2.23. The van der Waals surface area contributed by atoms with Crippen molar-refractivity contribution in [2.24, 2.45) is 4.99 Å². The second-order valence-electron chi connectivity index (χ2n) is 8.07. The molecule has 0 unspecified atom stereocenters. The van der Waals surface area contributed by atoms with Gasteiger partial charge in [0.1, 0.15) is 0 Å². The lowest BCUT2D eigenvalue weighted by atomic mass is 10.0. The molecule has 5 rings (SSSR count). The van der Waals surface area contributed by atoms with Crippen LogP contribution in [0, 0.1) is 0 Å². The van der Waals surface area contributed by atoms with Crippen LogP contribution in [0.15, 0.2) is 114 Å². The molecule has 4 aromatic rings. The Morgan fingerprint density at radius 1 is 0.806 bits per heavy atom. The smallest absolute Gasteiger partial charge is 0.0872 e. The van der Waals surface area contributed by atoms with E-state index >= 15 is 0 Å². The normalized spacial score (nSPS) is 20.3. The largest absolute Gasteiger partial charge is 0.373 e. The van der Waals surface area contributed by atoms with Crippen LogP contribution in [0.25, 0.3) is 0 Å². The van der Waals surface area contributed by atoms with E-state index in [-0.39, 0.29) is 5.54 Å². The highest BCUT2D eigenvalue weighted by Gasteiger charge is 2.57. The van der Waals surface area contributed by atoms with E-state index in [0.29, 0.717) is 5.92 Å². The molecule has 0 amide bonds. The molecule has 0 aliphatic heterocycles. The van der Waals surface area contributed by atoms with Gasteiger partial charge in [-0.3, -0.25) is 4.99 Å². The number of aromatic nitrogens is 1. The van der Waals surface area contributed by atoms with Crippen molar-refractivity contribution >= 4 is 17.1 Å².